The van der Waals surface area contributed by atoms with E-state index in [4.69, 9.17) is 9.57 Å². The first-order valence-corrected chi connectivity index (χ1v) is 6.83. The Balaban J connectivity index is 1.94. The van der Waals surface area contributed by atoms with E-state index < -0.39 is 5.60 Å². The fraction of sp³-hybridized carbons (Fsp3) is 0.467. The zero-order valence-electron chi connectivity index (χ0n) is 12.2. The van der Waals surface area contributed by atoms with Gasteiger partial charge in [-0.2, -0.15) is 0 Å². The number of halogens is 1. The molecule has 1 atom stereocenters. The van der Waals surface area contributed by atoms with Gasteiger partial charge in [-0.15, -0.1) is 0 Å². The van der Waals surface area contributed by atoms with Crippen molar-refractivity contribution in [3.63, 3.8) is 0 Å². The number of nitrogens with zero attached hydrogens (tertiary/aromatic N) is 1. The Morgan fingerprint density at radius 1 is 1.57 bits per heavy atom. The molecule has 1 aromatic carbocycles. The van der Waals surface area contributed by atoms with E-state index in [0.29, 0.717) is 30.8 Å². The van der Waals surface area contributed by atoms with Gasteiger partial charge >= 0.3 is 0 Å². The van der Waals surface area contributed by atoms with Crippen molar-refractivity contribution in [1.82, 2.24) is 5.32 Å². The summed E-state index contributed by atoms with van der Waals surface area (Å²) in [5.41, 5.74) is 0.157. The number of ether oxygens (including phenoxy) is 1. The number of rotatable bonds is 6. The van der Waals surface area contributed by atoms with Crippen molar-refractivity contribution in [2.24, 2.45) is 5.16 Å². The molecule has 1 heterocycles. The molecule has 0 saturated heterocycles. The van der Waals surface area contributed by atoms with Crippen LogP contribution >= 0.6 is 0 Å². The zero-order chi connectivity index (χ0) is 15.3. The average Bonchev–Trinajstić information content (AvgIpc) is 2.87. The molecule has 0 fully saturated rings. The highest BCUT2D eigenvalue weighted by atomic mass is 19.1. The first kappa shape index (κ1) is 15.4. The van der Waals surface area contributed by atoms with Crippen LogP contribution < -0.4 is 5.32 Å². The van der Waals surface area contributed by atoms with Gasteiger partial charge < -0.3 is 14.9 Å². The van der Waals surface area contributed by atoms with E-state index in [1.807, 2.05) is 0 Å². The highest BCUT2D eigenvalue weighted by molar-refractivity contribution is 6.05. The summed E-state index contributed by atoms with van der Waals surface area (Å²) in [5.74, 6) is -0.568. The van der Waals surface area contributed by atoms with Crippen molar-refractivity contribution in [3.05, 3.63) is 35.6 Å². The Morgan fingerprint density at radius 2 is 2.38 bits per heavy atom. The molecular formula is C15H19FN2O3. The highest BCUT2D eigenvalue weighted by Gasteiger charge is 2.42. The molecule has 0 saturated carbocycles. The summed E-state index contributed by atoms with van der Waals surface area (Å²) in [6.45, 7) is 2.78. The minimum atomic E-state index is -1.05. The van der Waals surface area contributed by atoms with Gasteiger partial charge in [0.05, 0.1) is 5.71 Å². The molecule has 0 aromatic heterocycles. The van der Waals surface area contributed by atoms with Crippen LogP contribution in [-0.4, -0.2) is 37.5 Å². The van der Waals surface area contributed by atoms with Gasteiger partial charge in [0, 0.05) is 32.2 Å². The van der Waals surface area contributed by atoms with Gasteiger partial charge in [-0.1, -0.05) is 17.3 Å². The Labute approximate surface area is 123 Å². The second kappa shape index (κ2) is 6.67. The maximum absolute atomic E-state index is 13.2. The van der Waals surface area contributed by atoms with Gasteiger partial charge in [-0.3, -0.25) is 4.79 Å². The number of hydrogen-bond donors (Lipinski definition) is 1. The van der Waals surface area contributed by atoms with Crippen molar-refractivity contribution in [3.8, 4) is 0 Å². The minimum Gasteiger partial charge on any atom is -0.385 e. The highest BCUT2D eigenvalue weighted by Crippen LogP contribution is 2.27. The molecule has 1 aromatic rings. The number of nitrogens with one attached hydrogen (secondary N) is 1. The van der Waals surface area contributed by atoms with E-state index in [-0.39, 0.29) is 11.7 Å². The van der Waals surface area contributed by atoms with Gasteiger partial charge in [0.1, 0.15) is 5.82 Å². The molecule has 0 radical (unpaired) electrons. The van der Waals surface area contributed by atoms with Crippen LogP contribution in [-0.2, 0) is 14.4 Å². The molecule has 1 aliphatic heterocycles. The number of hydrogen-bond acceptors (Lipinski definition) is 4. The van der Waals surface area contributed by atoms with Crippen molar-refractivity contribution < 1.29 is 18.8 Å². The second-order valence-electron chi connectivity index (χ2n) is 5.15. The van der Waals surface area contributed by atoms with Crippen LogP contribution in [0.15, 0.2) is 29.4 Å². The van der Waals surface area contributed by atoms with E-state index in [9.17, 15) is 9.18 Å². The molecule has 2 rings (SSSR count). The van der Waals surface area contributed by atoms with Gasteiger partial charge in [0.25, 0.3) is 5.91 Å². The topological polar surface area (TPSA) is 59.9 Å². The number of amides is 1. The van der Waals surface area contributed by atoms with Gasteiger partial charge in [0.15, 0.2) is 0 Å². The monoisotopic (exact) mass is 294 g/mol. The number of carbonyl (C=O) groups is 1. The van der Waals surface area contributed by atoms with Crippen LogP contribution in [0.2, 0.25) is 0 Å². The summed E-state index contributed by atoms with van der Waals surface area (Å²) in [6, 6.07) is 6.09. The molecule has 1 aliphatic rings. The van der Waals surface area contributed by atoms with Crippen LogP contribution in [0.5, 0.6) is 0 Å². The molecule has 0 unspecified atom stereocenters. The third kappa shape index (κ3) is 3.78. The summed E-state index contributed by atoms with van der Waals surface area (Å²) < 4.78 is 18.1. The summed E-state index contributed by atoms with van der Waals surface area (Å²) in [4.78, 5) is 17.4. The lowest BCUT2D eigenvalue weighted by atomic mass is 9.95. The fourth-order valence-corrected chi connectivity index (χ4v) is 2.09. The Kier molecular flexibility index (Phi) is 4.90. The van der Waals surface area contributed by atoms with E-state index in [0.717, 1.165) is 6.42 Å². The zero-order valence-corrected chi connectivity index (χ0v) is 12.2. The van der Waals surface area contributed by atoms with Crippen LogP contribution in [0.25, 0.3) is 0 Å². The molecule has 0 spiro atoms. The minimum absolute atomic E-state index is 0.228. The second-order valence-corrected chi connectivity index (χ2v) is 5.15. The molecule has 1 N–H and O–H groups in total. The molecule has 6 heteroatoms. The lowest BCUT2D eigenvalue weighted by Crippen LogP contribution is -2.45. The van der Waals surface area contributed by atoms with E-state index in [1.54, 1.807) is 26.2 Å². The van der Waals surface area contributed by atoms with E-state index in [1.165, 1.54) is 12.1 Å². The Bertz CT molecular complexity index is 547. The van der Waals surface area contributed by atoms with Gasteiger partial charge in [-0.05, 0) is 25.5 Å². The van der Waals surface area contributed by atoms with E-state index in [2.05, 4.69) is 10.5 Å². The summed E-state index contributed by atoms with van der Waals surface area (Å²) in [7, 11) is 1.61. The standard InChI is InChI=1S/C15H19FN2O3/c1-15(14(19)17-7-4-8-20-2)10-13(18-21-15)11-5-3-6-12(16)9-11/h3,5-6,9H,4,7-8,10H2,1-2H3,(H,17,19)/t15-/m1/s1. The van der Waals surface area contributed by atoms with Crippen molar-refractivity contribution >= 4 is 11.6 Å². The molecule has 0 bridgehead atoms. The summed E-state index contributed by atoms with van der Waals surface area (Å²) >= 11 is 0. The quantitative estimate of drug-likeness (QED) is 0.815. The van der Waals surface area contributed by atoms with Crippen LogP contribution in [0.1, 0.15) is 25.3 Å². The third-order valence-electron chi connectivity index (χ3n) is 3.31. The molecular weight excluding hydrogens is 275 g/mol. The first-order chi connectivity index (χ1) is 10.0. The van der Waals surface area contributed by atoms with Gasteiger partial charge in [0.2, 0.25) is 5.60 Å². The molecule has 0 aliphatic carbocycles. The van der Waals surface area contributed by atoms with Crippen molar-refractivity contribution in [1.29, 1.82) is 0 Å². The van der Waals surface area contributed by atoms with Crippen molar-refractivity contribution in [2.45, 2.75) is 25.4 Å². The summed E-state index contributed by atoms with van der Waals surface area (Å²) in [5, 5.41) is 6.72. The van der Waals surface area contributed by atoms with E-state index >= 15 is 0 Å². The average molecular weight is 294 g/mol. The number of oxime groups is 1. The molecule has 5 nitrogen and oxygen atoms in total. The third-order valence-corrected chi connectivity index (χ3v) is 3.31. The maximum Gasteiger partial charge on any atom is 0.267 e. The largest absolute Gasteiger partial charge is 0.385 e. The smallest absolute Gasteiger partial charge is 0.267 e. The number of carbonyl (C=O) groups excluding carboxylic acids is 1. The lowest BCUT2D eigenvalue weighted by molar-refractivity contribution is -0.141. The van der Waals surface area contributed by atoms with Crippen molar-refractivity contribution in [2.75, 3.05) is 20.3 Å². The molecule has 21 heavy (non-hydrogen) atoms. The van der Waals surface area contributed by atoms with Gasteiger partial charge in [-0.25, -0.2) is 4.39 Å². The van der Waals surface area contributed by atoms with Crippen LogP contribution in [0, 0.1) is 5.82 Å². The maximum atomic E-state index is 13.2. The number of benzene rings is 1. The predicted molar refractivity (Wildman–Crippen MR) is 76.5 cm³/mol. The SMILES string of the molecule is COCCCNC(=O)[C@@]1(C)CC(c2cccc(F)c2)=NO1. The lowest BCUT2D eigenvalue weighted by Gasteiger charge is -2.20. The predicted octanol–water partition coefficient (Wildman–Crippen LogP) is 1.86. The molecule has 1 amide bonds. The fourth-order valence-electron chi connectivity index (χ4n) is 2.09. The van der Waals surface area contributed by atoms with Crippen LogP contribution in [0.3, 0.4) is 0 Å². The normalized spacial score (nSPS) is 20.8. The first-order valence-electron chi connectivity index (χ1n) is 6.83. The summed E-state index contributed by atoms with van der Waals surface area (Å²) in [6.07, 6.45) is 1.04. The number of methoxy groups -OCH3 is 1. The molecule has 114 valence electrons. The van der Waals surface area contributed by atoms with Crippen LogP contribution in [0.4, 0.5) is 4.39 Å². The Hall–Kier alpha value is -1.95. The Morgan fingerprint density at radius 3 is 3.10 bits per heavy atom.